The fourth-order valence-electron chi connectivity index (χ4n) is 3.15. The van der Waals surface area contributed by atoms with Crippen LogP contribution in [-0.4, -0.2) is 22.1 Å². The van der Waals surface area contributed by atoms with E-state index in [-0.39, 0.29) is 11.4 Å². The Labute approximate surface area is 171 Å². The Morgan fingerprint density at radius 2 is 1.83 bits per heavy atom. The standard InChI is InChI=1S/C21H17N3O4S/c1-12(17-10-13-6-3-5-9-16(13)28-17)23-21(27)24(29)19-15-8-4-2-7-14(15)11-22-18(19)20(25)26/h2-12,29H,1H3,(H,23,27)(H,25,26). The van der Waals surface area contributed by atoms with Gasteiger partial charge in [0.25, 0.3) is 0 Å². The summed E-state index contributed by atoms with van der Waals surface area (Å²) in [6, 6.07) is 15.4. The molecular weight excluding hydrogens is 390 g/mol. The second-order valence-corrected chi connectivity index (χ2v) is 6.92. The van der Waals surface area contributed by atoms with Crippen LogP contribution in [0.25, 0.3) is 21.7 Å². The second-order valence-electron chi connectivity index (χ2n) is 6.52. The number of carboxylic acid groups (broad SMARTS) is 1. The van der Waals surface area contributed by atoms with E-state index >= 15 is 0 Å². The van der Waals surface area contributed by atoms with E-state index in [1.54, 1.807) is 31.2 Å². The fraction of sp³-hybridized carbons (Fsp3) is 0.0952. The van der Waals surface area contributed by atoms with Crippen molar-refractivity contribution >= 4 is 52.2 Å². The van der Waals surface area contributed by atoms with Gasteiger partial charge in [-0.25, -0.2) is 18.9 Å². The molecule has 29 heavy (non-hydrogen) atoms. The highest BCUT2D eigenvalue weighted by Gasteiger charge is 2.25. The number of hydrogen-bond donors (Lipinski definition) is 3. The molecule has 4 aromatic rings. The number of rotatable bonds is 4. The Kier molecular flexibility index (Phi) is 4.85. The van der Waals surface area contributed by atoms with E-state index < -0.39 is 18.0 Å². The van der Waals surface area contributed by atoms with Crippen LogP contribution in [0.5, 0.6) is 0 Å². The van der Waals surface area contributed by atoms with Crippen molar-refractivity contribution in [2.24, 2.45) is 0 Å². The van der Waals surface area contributed by atoms with Crippen LogP contribution in [0.15, 0.2) is 65.2 Å². The lowest BCUT2D eigenvalue weighted by Gasteiger charge is -2.21. The summed E-state index contributed by atoms with van der Waals surface area (Å²) in [5.41, 5.74) is 0.566. The van der Waals surface area contributed by atoms with E-state index in [4.69, 9.17) is 4.42 Å². The van der Waals surface area contributed by atoms with Gasteiger partial charge in [0.1, 0.15) is 11.3 Å². The molecule has 0 spiro atoms. The zero-order chi connectivity index (χ0) is 20.5. The van der Waals surface area contributed by atoms with Gasteiger partial charge < -0.3 is 14.8 Å². The van der Waals surface area contributed by atoms with E-state index in [9.17, 15) is 14.7 Å². The first-order chi connectivity index (χ1) is 14.0. The van der Waals surface area contributed by atoms with Gasteiger partial charge in [-0.3, -0.25) is 0 Å². The topological polar surface area (TPSA) is 95.7 Å². The maximum Gasteiger partial charge on any atom is 0.356 e. The Balaban J connectivity index is 1.65. The number of aromatic nitrogens is 1. The van der Waals surface area contributed by atoms with Gasteiger partial charge in [-0.15, -0.1) is 0 Å². The van der Waals surface area contributed by atoms with Crippen molar-refractivity contribution in [1.29, 1.82) is 0 Å². The molecule has 2 N–H and O–H groups in total. The van der Waals surface area contributed by atoms with Crippen molar-refractivity contribution in [2.75, 3.05) is 4.31 Å². The van der Waals surface area contributed by atoms with Crippen molar-refractivity contribution in [3.05, 3.63) is 72.2 Å². The molecule has 4 rings (SSSR count). The number of benzene rings is 2. The number of carboxylic acids is 1. The third-order valence-corrected chi connectivity index (χ3v) is 4.97. The quantitative estimate of drug-likeness (QED) is 0.422. The maximum atomic E-state index is 12.8. The third-order valence-electron chi connectivity index (χ3n) is 4.59. The highest BCUT2D eigenvalue weighted by molar-refractivity contribution is 7.82. The summed E-state index contributed by atoms with van der Waals surface area (Å²) in [5, 5.41) is 14.5. The highest BCUT2D eigenvalue weighted by atomic mass is 32.1. The molecule has 0 fully saturated rings. The number of nitrogens with one attached hydrogen (secondary N) is 1. The van der Waals surface area contributed by atoms with Gasteiger partial charge in [0, 0.05) is 22.4 Å². The van der Waals surface area contributed by atoms with Crippen LogP contribution in [0.1, 0.15) is 29.2 Å². The van der Waals surface area contributed by atoms with Crippen molar-refractivity contribution in [3.63, 3.8) is 0 Å². The van der Waals surface area contributed by atoms with Gasteiger partial charge in [0.2, 0.25) is 0 Å². The average molecular weight is 407 g/mol. The van der Waals surface area contributed by atoms with Crippen LogP contribution in [0, 0.1) is 0 Å². The number of amides is 2. The zero-order valence-electron chi connectivity index (χ0n) is 15.4. The molecule has 0 radical (unpaired) electrons. The van der Waals surface area contributed by atoms with Gasteiger partial charge >= 0.3 is 12.0 Å². The molecule has 0 aliphatic heterocycles. The van der Waals surface area contributed by atoms with Crippen LogP contribution < -0.4 is 9.62 Å². The number of fused-ring (bicyclic) bond motifs is 2. The number of para-hydroxylation sites is 1. The molecule has 2 aromatic heterocycles. The molecule has 8 heteroatoms. The first-order valence-corrected chi connectivity index (χ1v) is 9.24. The van der Waals surface area contributed by atoms with Crippen LogP contribution in [-0.2, 0) is 0 Å². The Hall–Kier alpha value is -3.52. The van der Waals surface area contributed by atoms with E-state index in [2.05, 4.69) is 23.1 Å². The van der Waals surface area contributed by atoms with Crippen LogP contribution in [0.2, 0.25) is 0 Å². The summed E-state index contributed by atoms with van der Waals surface area (Å²) in [4.78, 5) is 28.5. The summed E-state index contributed by atoms with van der Waals surface area (Å²) in [5.74, 6) is -0.668. The third kappa shape index (κ3) is 3.50. The number of aromatic carboxylic acids is 1. The van der Waals surface area contributed by atoms with E-state index in [1.807, 2.05) is 30.3 Å². The largest absolute Gasteiger partial charge is 0.476 e. The van der Waals surface area contributed by atoms with Gasteiger partial charge in [-0.1, -0.05) is 55.3 Å². The molecule has 2 amide bonds. The first kappa shape index (κ1) is 18.8. The molecule has 2 heterocycles. The number of anilines is 1. The molecule has 2 aromatic carbocycles. The van der Waals surface area contributed by atoms with Crippen molar-refractivity contribution < 1.29 is 19.1 Å². The van der Waals surface area contributed by atoms with E-state index in [0.717, 1.165) is 15.3 Å². The lowest BCUT2D eigenvalue weighted by Crippen LogP contribution is -2.36. The van der Waals surface area contributed by atoms with Crippen molar-refractivity contribution in [2.45, 2.75) is 13.0 Å². The summed E-state index contributed by atoms with van der Waals surface area (Å²) in [6.45, 7) is 1.77. The molecule has 0 aliphatic rings. The molecule has 0 saturated carbocycles. The molecule has 0 bridgehead atoms. The number of nitrogens with zero attached hydrogens (tertiary/aromatic N) is 2. The first-order valence-electron chi connectivity index (χ1n) is 8.84. The second kappa shape index (κ2) is 7.48. The normalized spacial score (nSPS) is 12.1. The van der Waals surface area contributed by atoms with Crippen LogP contribution >= 0.6 is 12.8 Å². The minimum atomic E-state index is -1.25. The number of carbonyl (C=O) groups excluding carboxylic acids is 1. The molecular formula is C21H17N3O4S. The number of hydrogen-bond acceptors (Lipinski definition) is 5. The Bertz CT molecular complexity index is 1200. The van der Waals surface area contributed by atoms with Crippen molar-refractivity contribution in [1.82, 2.24) is 10.3 Å². The number of urea groups is 1. The average Bonchev–Trinajstić information content (AvgIpc) is 3.16. The van der Waals surface area contributed by atoms with Gasteiger partial charge in [0.15, 0.2) is 5.69 Å². The number of furan rings is 1. The van der Waals surface area contributed by atoms with E-state index in [1.165, 1.54) is 6.20 Å². The highest BCUT2D eigenvalue weighted by Crippen LogP contribution is 2.31. The molecule has 0 saturated heterocycles. The number of carbonyl (C=O) groups is 2. The van der Waals surface area contributed by atoms with Gasteiger partial charge in [0.05, 0.1) is 11.7 Å². The lowest BCUT2D eigenvalue weighted by atomic mass is 10.1. The summed E-state index contributed by atoms with van der Waals surface area (Å²) < 4.78 is 6.75. The maximum absolute atomic E-state index is 12.8. The molecule has 1 atom stereocenters. The number of pyridine rings is 1. The SMILES string of the molecule is CC(NC(=O)N(S)c1c(C(=O)O)ncc2ccccc12)c1cc2ccccc2o1. The predicted molar refractivity (Wildman–Crippen MR) is 113 cm³/mol. The van der Waals surface area contributed by atoms with Gasteiger partial charge in [-0.05, 0) is 19.1 Å². The van der Waals surface area contributed by atoms with Gasteiger partial charge in [-0.2, -0.15) is 0 Å². The molecule has 7 nitrogen and oxygen atoms in total. The summed E-state index contributed by atoms with van der Waals surface area (Å²) in [7, 11) is 0. The molecule has 146 valence electrons. The summed E-state index contributed by atoms with van der Waals surface area (Å²) >= 11 is 4.28. The minimum Gasteiger partial charge on any atom is -0.476 e. The van der Waals surface area contributed by atoms with E-state index in [0.29, 0.717) is 16.5 Å². The Morgan fingerprint density at radius 3 is 2.55 bits per heavy atom. The molecule has 0 aliphatic carbocycles. The monoisotopic (exact) mass is 407 g/mol. The fourth-order valence-corrected chi connectivity index (χ4v) is 3.41. The van der Waals surface area contributed by atoms with Crippen molar-refractivity contribution in [3.8, 4) is 0 Å². The van der Waals surface area contributed by atoms with Crippen LogP contribution in [0.3, 0.4) is 0 Å². The summed E-state index contributed by atoms with van der Waals surface area (Å²) in [6.07, 6.45) is 1.46. The smallest absolute Gasteiger partial charge is 0.356 e. The zero-order valence-corrected chi connectivity index (χ0v) is 16.3. The lowest BCUT2D eigenvalue weighted by molar-refractivity contribution is 0.0692. The predicted octanol–water partition coefficient (Wildman–Crippen LogP) is 4.80. The Morgan fingerprint density at radius 1 is 1.14 bits per heavy atom. The number of thiol groups is 1. The molecule has 1 unspecified atom stereocenters. The minimum absolute atomic E-state index is 0.105. The van der Waals surface area contributed by atoms with Crippen LogP contribution in [0.4, 0.5) is 10.5 Å².